The van der Waals surface area contributed by atoms with Crippen LogP contribution in [0.3, 0.4) is 0 Å². The Morgan fingerprint density at radius 1 is 0.519 bits per heavy atom. The van der Waals surface area contributed by atoms with Gasteiger partial charge in [0, 0.05) is 28.5 Å². The Morgan fingerprint density at radius 3 is 1.87 bits per heavy atom. The van der Waals surface area contributed by atoms with Gasteiger partial charge < -0.3 is 10.1 Å². The molecule has 2 N–H and O–H groups in total. The standard InChI is InChI=1S/C49H34N4O/c1-2-13-31(14-3-1)46-51-47(35-18-11-16-33(30-35)32-15-10-17-34(29-32)42-27-28-50-42)53-48(52-46)37-20-12-24-41-45(37)36-19-4-5-21-38(36)49(41)39-22-6-8-25-43(39)54-44-26-9-7-23-40(44)49/h1-30,46-47,51H,(H,52,53). The highest BCUT2D eigenvalue weighted by molar-refractivity contribution is 6.08. The Balaban J connectivity index is 1.08. The van der Waals surface area contributed by atoms with E-state index in [1.807, 2.05) is 6.21 Å². The molecule has 0 aromatic heterocycles. The van der Waals surface area contributed by atoms with Crippen LogP contribution in [0.5, 0.6) is 11.5 Å². The van der Waals surface area contributed by atoms with Crippen molar-refractivity contribution >= 4 is 17.7 Å². The van der Waals surface area contributed by atoms with Gasteiger partial charge in [0.2, 0.25) is 0 Å². The van der Waals surface area contributed by atoms with E-state index in [0.717, 1.165) is 67.5 Å². The first-order chi connectivity index (χ1) is 26.8. The molecule has 0 bridgehead atoms. The molecule has 4 aliphatic rings. The van der Waals surface area contributed by atoms with Gasteiger partial charge in [-0.05, 0) is 74.8 Å². The van der Waals surface area contributed by atoms with Crippen molar-refractivity contribution in [3.8, 4) is 33.8 Å². The molecule has 2 unspecified atom stereocenters. The summed E-state index contributed by atoms with van der Waals surface area (Å²) in [6, 6.07) is 60.5. The van der Waals surface area contributed by atoms with Crippen molar-refractivity contribution in [2.45, 2.75) is 17.7 Å². The zero-order chi connectivity index (χ0) is 35.6. The van der Waals surface area contributed by atoms with Crippen molar-refractivity contribution in [2.75, 3.05) is 0 Å². The predicted octanol–water partition coefficient (Wildman–Crippen LogP) is 10.6. The van der Waals surface area contributed by atoms with E-state index in [4.69, 9.17) is 9.73 Å². The van der Waals surface area contributed by atoms with Gasteiger partial charge in [0.15, 0.2) is 0 Å². The third-order valence-corrected chi connectivity index (χ3v) is 11.3. The number of amidine groups is 1. The summed E-state index contributed by atoms with van der Waals surface area (Å²) in [4.78, 5) is 9.87. The number of aliphatic imine (C=N–C) groups is 2. The molecule has 0 saturated carbocycles. The molecule has 0 radical (unpaired) electrons. The number of hydrogen-bond acceptors (Lipinski definition) is 5. The fourth-order valence-electron chi connectivity index (χ4n) is 8.85. The number of nitrogens with zero attached hydrogens (tertiary/aromatic N) is 2. The van der Waals surface area contributed by atoms with Crippen molar-refractivity contribution in [1.82, 2.24) is 10.6 Å². The van der Waals surface area contributed by atoms with Gasteiger partial charge in [-0.3, -0.25) is 10.3 Å². The SMILES string of the molecule is C1=NC(c2cccc(-c3cccc(C4NC(c5cccc6c5-c5ccccc5C65c6ccccc6Oc6ccccc65)=NC(c5ccccc5)N4)c3)c2)=C1. The van der Waals surface area contributed by atoms with E-state index in [1.54, 1.807) is 0 Å². The van der Waals surface area contributed by atoms with Crippen molar-refractivity contribution in [3.05, 3.63) is 220 Å². The highest BCUT2D eigenvalue weighted by Crippen LogP contribution is 2.62. The predicted molar refractivity (Wildman–Crippen MR) is 217 cm³/mol. The molecule has 54 heavy (non-hydrogen) atoms. The summed E-state index contributed by atoms with van der Waals surface area (Å²) in [5, 5.41) is 7.73. The Bertz CT molecular complexity index is 2680. The number of allylic oxidation sites excluding steroid dienone is 1. The minimum Gasteiger partial charge on any atom is -0.457 e. The van der Waals surface area contributed by atoms with Crippen LogP contribution in [-0.2, 0) is 5.41 Å². The van der Waals surface area contributed by atoms with Crippen molar-refractivity contribution in [2.24, 2.45) is 9.98 Å². The monoisotopic (exact) mass is 694 g/mol. The molecule has 0 amide bonds. The lowest BCUT2D eigenvalue weighted by atomic mass is 9.66. The molecule has 5 heteroatoms. The van der Waals surface area contributed by atoms with Crippen molar-refractivity contribution in [3.63, 3.8) is 0 Å². The minimum atomic E-state index is -0.553. The molecule has 3 aliphatic heterocycles. The molecule has 0 fully saturated rings. The van der Waals surface area contributed by atoms with E-state index in [-0.39, 0.29) is 12.3 Å². The number of fused-ring (bicyclic) bond motifs is 9. The number of hydrogen-bond donors (Lipinski definition) is 2. The number of benzene rings is 7. The lowest BCUT2D eigenvalue weighted by Gasteiger charge is -2.39. The summed E-state index contributed by atoms with van der Waals surface area (Å²) in [5.74, 6) is 2.62. The average molecular weight is 695 g/mol. The highest BCUT2D eigenvalue weighted by Gasteiger charge is 2.51. The van der Waals surface area contributed by atoms with E-state index in [1.165, 1.54) is 22.3 Å². The van der Waals surface area contributed by atoms with Gasteiger partial charge in [-0.2, -0.15) is 0 Å². The maximum Gasteiger partial charge on any atom is 0.132 e. The first kappa shape index (κ1) is 30.8. The van der Waals surface area contributed by atoms with Crippen LogP contribution in [0.4, 0.5) is 0 Å². The summed E-state index contributed by atoms with van der Waals surface area (Å²) in [6.07, 6.45) is 3.41. The second kappa shape index (κ2) is 12.1. The minimum absolute atomic E-state index is 0.212. The van der Waals surface area contributed by atoms with Crippen LogP contribution in [-0.4, -0.2) is 12.1 Å². The second-order valence-electron chi connectivity index (χ2n) is 14.2. The highest BCUT2D eigenvalue weighted by atomic mass is 16.5. The molecule has 1 aliphatic carbocycles. The quantitative estimate of drug-likeness (QED) is 0.189. The maximum absolute atomic E-state index is 6.58. The molecular weight excluding hydrogens is 661 g/mol. The summed E-state index contributed by atoms with van der Waals surface area (Å²) in [5.41, 5.74) is 14.4. The summed E-state index contributed by atoms with van der Waals surface area (Å²) in [6.45, 7) is 0. The van der Waals surface area contributed by atoms with Crippen LogP contribution in [0.1, 0.15) is 56.8 Å². The van der Waals surface area contributed by atoms with Crippen molar-refractivity contribution < 1.29 is 4.74 Å². The smallest absolute Gasteiger partial charge is 0.132 e. The summed E-state index contributed by atoms with van der Waals surface area (Å²) >= 11 is 0. The molecule has 1 spiro atoms. The summed E-state index contributed by atoms with van der Waals surface area (Å²) in [7, 11) is 0. The van der Waals surface area contributed by atoms with Crippen LogP contribution in [0.25, 0.3) is 28.0 Å². The molecule has 7 aromatic carbocycles. The van der Waals surface area contributed by atoms with E-state index in [2.05, 4.69) is 192 Å². The molecule has 256 valence electrons. The van der Waals surface area contributed by atoms with Crippen LogP contribution >= 0.6 is 0 Å². The molecule has 3 heterocycles. The van der Waals surface area contributed by atoms with E-state index in [9.17, 15) is 0 Å². The zero-order valence-corrected chi connectivity index (χ0v) is 29.3. The Hall–Kier alpha value is -6.82. The lowest BCUT2D eigenvalue weighted by molar-refractivity contribution is 0.409. The van der Waals surface area contributed by atoms with E-state index >= 15 is 0 Å². The Kier molecular flexibility index (Phi) is 6.91. The molecular formula is C49H34N4O. The lowest BCUT2D eigenvalue weighted by Crippen LogP contribution is -2.45. The maximum atomic E-state index is 6.58. The fraction of sp³-hybridized carbons (Fsp3) is 0.0612. The Labute approximate surface area is 314 Å². The van der Waals surface area contributed by atoms with Gasteiger partial charge in [-0.1, -0.05) is 146 Å². The number of ether oxygens (including phenoxy) is 1. The topological polar surface area (TPSA) is 58.0 Å². The molecule has 7 aromatic rings. The van der Waals surface area contributed by atoms with Gasteiger partial charge in [-0.25, -0.2) is 4.99 Å². The zero-order valence-electron chi connectivity index (χ0n) is 29.3. The molecule has 0 saturated heterocycles. The number of nitrogens with one attached hydrogen (secondary N) is 2. The van der Waals surface area contributed by atoms with Gasteiger partial charge in [0.05, 0.1) is 11.1 Å². The van der Waals surface area contributed by atoms with Crippen LogP contribution in [0, 0.1) is 0 Å². The van der Waals surface area contributed by atoms with Gasteiger partial charge >= 0.3 is 0 Å². The molecule has 2 atom stereocenters. The normalized spacial score (nSPS) is 18.1. The fourth-order valence-corrected chi connectivity index (χ4v) is 8.85. The van der Waals surface area contributed by atoms with Crippen molar-refractivity contribution in [1.29, 1.82) is 0 Å². The van der Waals surface area contributed by atoms with E-state index in [0.29, 0.717) is 0 Å². The second-order valence-corrected chi connectivity index (χ2v) is 14.2. The molecule has 5 nitrogen and oxygen atoms in total. The Morgan fingerprint density at radius 2 is 1.11 bits per heavy atom. The summed E-state index contributed by atoms with van der Waals surface area (Å²) < 4.78 is 6.58. The first-order valence-corrected chi connectivity index (χ1v) is 18.5. The third kappa shape index (κ3) is 4.62. The number of para-hydroxylation sites is 2. The van der Waals surface area contributed by atoms with Gasteiger partial charge in [0.1, 0.15) is 29.7 Å². The van der Waals surface area contributed by atoms with E-state index < -0.39 is 5.41 Å². The molecule has 11 rings (SSSR count). The van der Waals surface area contributed by atoms with Crippen LogP contribution in [0.2, 0.25) is 0 Å². The van der Waals surface area contributed by atoms with Gasteiger partial charge in [-0.15, -0.1) is 0 Å². The van der Waals surface area contributed by atoms with Gasteiger partial charge in [0.25, 0.3) is 0 Å². The first-order valence-electron chi connectivity index (χ1n) is 18.5. The average Bonchev–Trinajstić information content (AvgIpc) is 3.51. The van der Waals surface area contributed by atoms with Crippen LogP contribution in [0.15, 0.2) is 186 Å². The third-order valence-electron chi connectivity index (χ3n) is 11.3. The number of rotatable bonds is 5. The largest absolute Gasteiger partial charge is 0.457 e. The van der Waals surface area contributed by atoms with Crippen LogP contribution < -0.4 is 15.4 Å².